The van der Waals surface area contributed by atoms with Gasteiger partial charge >= 0.3 is 5.97 Å². The summed E-state index contributed by atoms with van der Waals surface area (Å²) in [6.07, 6.45) is 0. The molecule has 0 aliphatic carbocycles. The van der Waals surface area contributed by atoms with Crippen molar-refractivity contribution in [3.8, 4) is 11.5 Å². The third kappa shape index (κ3) is 2.88. The highest BCUT2D eigenvalue weighted by molar-refractivity contribution is 9.10. The number of carboxylic acids is 1. The number of carboxylic acid groups (broad SMARTS) is 1. The Balaban J connectivity index is 2.36. The van der Waals surface area contributed by atoms with Crippen LogP contribution in [0.3, 0.4) is 0 Å². The summed E-state index contributed by atoms with van der Waals surface area (Å²) in [4.78, 5) is 10.7. The number of hydrogen-bond donors (Lipinski definition) is 2. The van der Waals surface area contributed by atoms with Gasteiger partial charge in [-0.2, -0.15) is 0 Å². The molecule has 0 atom stereocenters. The average molecular weight is 344 g/mol. The van der Waals surface area contributed by atoms with E-state index in [1.807, 2.05) is 0 Å². The summed E-state index contributed by atoms with van der Waals surface area (Å²) in [7, 11) is 0. The first-order valence-electron chi connectivity index (χ1n) is 5.33. The Hall–Kier alpha value is -2.15. The van der Waals surface area contributed by atoms with Gasteiger partial charge in [0.2, 0.25) is 0 Å². The lowest BCUT2D eigenvalue weighted by Gasteiger charge is -2.10. The van der Waals surface area contributed by atoms with Crippen LogP contribution in [0.4, 0.5) is 14.5 Å². The Morgan fingerprint density at radius 1 is 1.20 bits per heavy atom. The van der Waals surface area contributed by atoms with E-state index in [0.717, 1.165) is 18.2 Å². The van der Waals surface area contributed by atoms with Crippen LogP contribution in [0.15, 0.2) is 34.8 Å². The Labute approximate surface area is 120 Å². The van der Waals surface area contributed by atoms with Gasteiger partial charge in [-0.15, -0.1) is 0 Å². The molecule has 7 heteroatoms. The SMILES string of the molecule is Nc1cc(C(=O)O)c(F)cc1Oc1ccc(F)c(Br)c1. The van der Waals surface area contributed by atoms with Crippen molar-refractivity contribution >= 4 is 27.6 Å². The molecule has 2 aromatic carbocycles. The first-order chi connectivity index (χ1) is 9.38. The summed E-state index contributed by atoms with van der Waals surface area (Å²) in [5.74, 6) is -2.69. The summed E-state index contributed by atoms with van der Waals surface area (Å²) in [5, 5.41) is 8.75. The van der Waals surface area contributed by atoms with Gasteiger partial charge in [0.05, 0.1) is 15.7 Å². The van der Waals surface area contributed by atoms with Crippen LogP contribution in [0.1, 0.15) is 10.4 Å². The third-order valence-corrected chi connectivity index (χ3v) is 3.06. The summed E-state index contributed by atoms with van der Waals surface area (Å²) < 4.78 is 32.1. The van der Waals surface area contributed by atoms with Crippen molar-refractivity contribution in [2.24, 2.45) is 0 Å². The van der Waals surface area contributed by atoms with Crippen LogP contribution in [0, 0.1) is 11.6 Å². The molecule has 0 radical (unpaired) electrons. The minimum Gasteiger partial charge on any atom is -0.478 e. The van der Waals surface area contributed by atoms with E-state index >= 15 is 0 Å². The van der Waals surface area contributed by atoms with Crippen molar-refractivity contribution in [2.75, 3.05) is 5.73 Å². The van der Waals surface area contributed by atoms with Gasteiger partial charge < -0.3 is 15.6 Å². The fraction of sp³-hybridized carbons (Fsp3) is 0. The monoisotopic (exact) mass is 343 g/mol. The number of benzene rings is 2. The van der Waals surface area contributed by atoms with E-state index in [4.69, 9.17) is 15.6 Å². The number of ether oxygens (including phenoxy) is 1. The largest absolute Gasteiger partial charge is 0.478 e. The molecule has 0 aromatic heterocycles. The number of nitrogen functional groups attached to an aromatic ring is 1. The maximum atomic E-state index is 13.5. The van der Waals surface area contributed by atoms with Crippen LogP contribution < -0.4 is 10.5 Å². The molecule has 0 unspecified atom stereocenters. The molecule has 0 saturated heterocycles. The Morgan fingerprint density at radius 2 is 1.90 bits per heavy atom. The van der Waals surface area contributed by atoms with E-state index < -0.39 is 23.2 Å². The summed E-state index contributed by atoms with van der Waals surface area (Å²) in [5.41, 5.74) is 5.02. The topological polar surface area (TPSA) is 72.6 Å². The molecule has 0 spiro atoms. The minimum absolute atomic E-state index is 0.0377. The fourth-order valence-electron chi connectivity index (χ4n) is 1.49. The van der Waals surface area contributed by atoms with E-state index in [-0.39, 0.29) is 21.7 Å². The van der Waals surface area contributed by atoms with Crippen LogP contribution in [-0.2, 0) is 0 Å². The quantitative estimate of drug-likeness (QED) is 0.831. The second-order valence-electron chi connectivity index (χ2n) is 3.85. The molecule has 0 aliphatic rings. The predicted octanol–water partition coefficient (Wildman–Crippen LogP) is 3.80. The van der Waals surface area contributed by atoms with Gasteiger partial charge in [0.15, 0.2) is 5.75 Å². The van der Waals surface area contributed by atoms with Gasteiger partial charge in [0.25, 0.3) is 0 Å². The van der Waals surface area contributed by atoms with Crippen LogP contribution in [-0.4, -0.2) is 11.1 Å². The minimum atomic E-state index is -1.43. The molecule has 104 valence electrons. The van der Waals surface area contributed by atoms with Crippen molar-refractivity contribution in [3.63, 3.8) is 0 Å². The summed E-state index contributed by atoms with van der Waals surface area (Å²) in [6, 6.07) is 5.68. The molecular weight excluding hydrogens is 336 g/mol. The molecule has 4 nitrogen and oxygen atoms in total. The van der Waals surface area contributed by atoms with E-state index in [1.165, 1.54) is 12.1 Å². The highest BCUT2D eigenvalue weighted by Crippen LogP contribution is 2.31. The van der Waals surface area contributed by atoms with Crippen LogP contribution in [0.5, 0.6) is 11.5 Å². The molecule has 3 N–H and O–H groups in total. The third-order valence-electron chi connectivity index (χ3n) is 2.45. The normalized spacial score (nSPS) is 10.3. The Bertz CT molecular complexity index is 692. The molecule has 0 heterocycles. The predicted molar refractivity (Wildman–Crippen MR) is 71.9 cm³/mol. The maximum absolute atomic E-state index is 13.5. The highest BCUT2D eigenvalue weighted by Gasteiger charge is 2.15. The first kappa shape index (κ1) is 14.3. The Kier molecular flexibility index (Phi) is 3.89. The number of aromatic carboxylic acids is 1. The van der Waals surface area contributed by atoms with Crippen LogP contribution in [0.2, 0.25) is 0 Å². The van der Waals surface area contributed by atoms with Crippen LogP contribution in [0.25, 0.3) is 0 Å². The number of nitrogens with two attached hydrogens (primary N) is 1. The van der Waals surface area contributed by atoms with E-state index in [2.05, 4.69) is 15.9 Å². The van der Waals surface area contributed by atoms with Crippen molar-refractivity contribution in [2.45, 2.75) is 0 Å². The lowest BCUT2D eigenvalue weighted by molar-refractivity contribution is 0.0692. The van der Waals surface area contributed by atoms with Gasteiger partial charge in [-0.1, -0.05) is 0 Å². The molecule has 0 amide bonds. The highest BCUT2D eigenvalue weighted by atomic mass is 79.9. The lowest BCUT2D eigenvalue weighted by Crippen LogP contribution is -2.03. The zero-order valence-electron chi connectivity index (χ0n) is 9.86. The number of hydrogen-bond acceptors (Lipinski definition) is 3. The van der Waals surface area contributed by atoms with Gasteiger partial charge in [0.1, 0.15) is 17.4 Å². The van der Waals surface area contributed by atoms with Crippen molar-refractivity contribution in [1.82, 2.24) is 0 Å². The van der Waals surface area contributed by atoms with Crippen molar-refractivity contribution in [1.29, 1.82) is 0 Å². The number of halogens is 3. The smallest absolute Gasteiger partial charge is 0.338 e. The number of rotatable bonds is 3. The van der Waals surface area contributed by atoms with E-state index in [9.17, 15) is 13.6 Å². The molecule has 20 heavy (non-hydrogen) atoms. The van der Waals surface area contributed by atoms with Crippen LogP contribution >= 0.6 is 15.9 Å². The maximum Gasteiger partial charge on any atom is 0.338 e. The lowest BCUT2D eigenvalue weighted by atomic mass is 10.1. The molecule has 2 rings (SSSR count). The molecular formula is C13H8BrF2NO3. The molecule has 0 fully saturated rings. The standard InChI is InChI=1S/C13H8BrF2NO3/c14-8-3-6(1-2-9(8)15)20-12-5-10(16)7(13(18)19)4-11(12)17/h1-5H,17H2,(H,18,19). The molecule has 0 aliphatic heterocycles. The van der Waals surface area contributed by atoms with Gasteiger partial charge in [-0.3, -0.25) is 0 Å². The number of anilines is 1. The first-order valence-corrected chi connectivity index (χ1v) is 6.13. The Morgan fingerprint density at radius 3 is 2.50 bits per heavy atom. The van der Waals surface area contributed by atoms with Crippen molar-refractivity contribution < 1.29 is 23.4 Å². The van der Waals surface area contributed by atoms with Gasteiger partial charge in [-0.05, 0) is 40.2 Å². The van der Waals surface area contributed by atoms with Gasteiger partial charge in [0, 0.05) is 6.07 Å². The van der Waals surface area contributed by atoms with Gasteiger partial charge in [-0.25, -0.2) is 13.6 Å². The summed E-state index contributed by atoms with van der Waals surface area (Å²) in [6.45, 7) is 0. The zero-order valence-corrected chi connectivity index (χ0v) is 11.4. The second kappa shape index (κ2) is 5.46. The summed E-state index contributed by atoms with van der Waals surface area (Å²) >= 11 is 2.99. The molecule has 0 saturated carbocycles. The number of carbonyl (C=O) groups is 1. The molecule has 0 bridgehead atoms. The van der Waals surface area contributed by atoms with Crippen molar-refractivity contribution in [3.05, 3.63) is 52.0 Å². The zero-order chi connectivity index (χ0) is 14.9. The van der Waals surface area contributed by atoms with E-state index in [0.29, 0.717) is 0 Å². The fourth-order valence-corrected chi connectivity index (χ4v) is 1.85. The molecule has 2 aromatic rings. The second-order valence-corrected chi connectivity index (χ2v) is 4.71. The van der Waals surface area contributed by atoms with E-state index in [1.54, 1.807) is 0 Å². The average Bonchev–Trinajstić information content (AvgIpc) is 2.37.